The van der Waals surface area contributed by atoms with Crippen LogP contribution in [-0.2, 0) is 16.2 Å². The van der Waals surface area contributed by atoms with Crippen molar-refractivity contribution < 1.29 is 24.0 Å². The minimum absolute atomic E-state index is 0.0385. The second-order valence-corrected chi connectivity index (χ2v) is 11.3. The van der Waals surface area contributed by atoms with E-state index in [-0.39, 0.29) is 29.7 Å². The normalized spacial score (nSPS) is 16.4. The van der Waals surface area contributed by atoms with Crippen molar-refractivity contribution in [1.82, 2.24) is 9.80 Å². The molecule has 210 valence electrons. The molecule has 0 radical (unpaired) electrons. The summed E-state index contributed by atoms with van der Waals surface area (Å²) in [6.45, 7) is 2.09. The Morgan fingerprint density at radius 3 is 2.49 bits per heavy atom. The maximum atomic E-state index is 13.2. The third-order valence-electron chi connectivity index (χ3n) is 6.69. The van der Waals surface area contributed by atoms with Crippen molar-refractivity contribution in [3.63, 3.8) is 0 Å². The van der Waals surface area contributed by atoms with E-state index in [2.05, 4.69) is 20.8 Å². The van der Waals surface area contributed by atoms with Gasteiger partial charge in [-0.15, -0.1) is 0 Å². The Kier molecular flexibility index (Phi) is 8.70. The van der Waals surface area contributed by atoms with Gasteiger partial charge in [-0.05, 0) is 53.7 Å². The second kappa shape index (κ2) is 12.6. The van der Waals surface area contributed by atoms with Crippen molar-refractivity contribution >= 4 is 62.2 Å². The van der Waals surface area contributed by atoms with Gasteiger partial charge >= 0.3 is 0 Å². The zero-order valence-corrected chi connectivity index (χ0v) is 24.2. The van der Waals surface area contributed by atoms with Crippen LogP contribution in [0.25, 0.3) is 6.08 Å². The van der Waals surface area contributed by atoms with Crippen molar-refractivity contribution in [2.24, 2.45) is 0 Å². The van der Waals surface area contributed by atoms with Crippen LogP contribution in [0.1, 0.15) is 11.1 Å². The fraction of sp³-hybridized carbons (Fsp3) is 0.207. The lowest BCUT2D eigenvalue weighted by atomic mass is 10.1. The van der Waals surface area contributed by atoms with E-state index in [4.69, 9.17) is 4.74 Å². The molecule has 0 N–H and O–H groups in total. The third-order valence-corrected chi connectivity index (χ3v) is 8.10. The summed E-state index contributed by atoms with van der Waals surface area (Å²) >= 11 is 4.19. The first-order chi connectivity index (χ1) is 19.8. The van der Waals surface area contributed by atoms with Gasteiger partial charge in [0, 0.05) is 54.0 Å². The smallest absolute Gasteiger partial charge is 0.294 e. The Balaban J connectivity index is 1.24. The van der Waals surface area contributed by atoms with Gasteiger partial charge in [0.1, 0.15) is 18.9 Å². The molecule has 41 heavy (non-hydrogen) atoms. The van der Waals surface area contributed by atoms with Gasteiger partial charge in [0.05, 0.1) is 9.83 Å². The maximum Gasteiger partial charge on any atom is 0.294 e. The molecule has 12 heteroatoms. The number of benzene rings is 3. The molecule has 0 bridgehead atoms. The highest BCUT2D eigenvalue weighted by Crippen LogP contribution is 2.35. The molecule has 0 aromatic heterocycles. The van der Waals surface area contributed by atoms with Crippen molar-refractivity contribution in [2.45, 2.75) is 6.61 Å². The highest BCUT2D eigenvalue weighted by atomic mass is 79.9. The van der Waals surface area contributed by atoms with Crippen LogP contribution in [0.2, 0.25) is 0 Å². The summed E-state index contributed by atoms with van der Waals surface area (Å²) in [5.74, 6) is -0.385. The number of non-ortho nitro benzene ring substituents is 1. The fourth-order valence-electron chi connectivity index (χ4n) is 4.55. The molecule has 2 fully saturated rings. The Morgan fingerprint density at radius 2 is 1.76 bits per heavy atom. The summed E-state index contributed by atoms with van der Waals surface area (Å²) in [4.78, 5) is 54.6. The predicted octanol–water partition coefficient (Wildman–Crippen LogP) is 5.32. The van der Waals surface area contributed by atoms with E-state index >= 15 is 0 Å². The highest BCUT2D eigenvalue weighted by Gasteiger charge is 2.37. The number of carbonyl (C=O) groups excluding carboxylic acids is 3. The van der Waals surface area contributed by atoms with Crippen LogP contribution in [-0.4, -0.2) is 64.5 Å². The average molecular weight is 638 g/mol. The Bertz CT molecular complexity index is 1520. The van der Waals surface area contributed by atoms with Gasteiger partial charge in [0.2, 0.25) is 5.91 Å². The van der Waals surface area contributed by atoms with Crippen LogP contribution in [0.4, 0.5) is 16.2 Å². The molecule has 2 aliphatic rings. The van der Waals surface area contributed by atoms with E-state index in [1.807, 2.05) is 30.3 Å². The first kappa shape index (κ1) is 28.4. The third kappa shape index (κ3) is 6.77. The zero-order valence-electron chi connectivity index (χ0n) is 21.8. The maximum absolute atomic E-state index is 13.2. The molecular formula is C29H25BrN4O6S. The molecule has 0 unspecified atom stereocenters. The van der Waals surface area contributed by atoms with Crippen LogP contribution in [0.15, 0.2) is 82.2 Å². The number of anilines is 1. The minimum atomic E-state index is -0.541. The van der Waals surface area contributed by atoms with E-state index in [1.165, 1.54) is 12.1 Å². The second-order valence-electron chi connectivity index (χ2n) is 9.37. The monoisotopic (exact) mass is 636 g/mol. The SMILES string of the molecule is O=C(CN1C(=O)S/C(=C/c2cc(Br)ccc2OCc2cccc([N+](=O)[O-])c2)C1=O)N1CCN(c2ccccc2)CC1. The van der Waals surface area contributed by atoms with Crippen LogP contribution >= 0.6 is 27.7 Å². The van der Waals surface area contributed by atoms with E-state index in [0.717, 1.165) is 26.8 Å². The van der Waals surface area contributed by atoms with Crippen LogP contribution in [0.5, 0.6) is 5.75 Å². The molecule has 0 atom stereocenters. The van der Waals surface area contributed by atoms with Gasteiger partial charge in [0.15, 0.2) is 0 Å². The number of hydrogen-bond acceptors (Lipinski definition) is 8. The molecule has 0 spiro atoms. The molecule has 2 saturated heterocycles. The summed E-state index contributed by atoms with van der Waals surface area (Å²) in [5.41, 5.74) is 2.20. The van der Waals surface area contributed by atoms with E-state index in [0.29, 0.717) is 43.1 Å². The first-order valence-corrected chi connectivity index (χ1v) is 14.4. The van der Waals surface area contributed by atoms with Gasteiger partial charge in [0.25, 0.3) is 16.8 Å². The van der Waals surface area contributed by atoms with E-state index < -0.39 is 16.1 Å². The molecule has 3 amide bonds. The highest BCUT2D eigenvalue weighted by molar-refractivity contribution is 9.10. The lowest BCUT2D eigenvalue weighted by molar-refractivity contribution is -0.384. The molecule has 10 nitrogen and oxygen atoms in total. The molecule has 3 aromatic rings. The van der Waals surface area contributed by atoms with E-state index in [9.17, 15) is 24.5 Å². The van der Waals surface area contributed by atoms with Crippen LogP contribution in [0, 0.1) is 10.1 Å². The van der Waals surface area contributed by atoms with Crippen molar-refractivity contribution in [1.29, 1.82) is 0 Å². The van der Waals surface area contributed by atoms with Crippen LogP contribution < -0.4 is 9.64 Å². The number of hydrogen-bond donors (Lipinski definition) is 0. The number of nitro benzene ring substituents is 1. The number of nitrogens with zero attached hydrogens (tertiary/aromatic N) is 4. The molecule has 2 heterocycles. The number of para-hydroxylation sites is 1. The number of halogens is 1. The van der Waals surface area contributed by atoms with Crippen molar-refractivity contribution in [3.05, 3.63) is 103 Å². The van der Waals surface area contributed by atoms with E-state index in [1.54, 1.807) is 41.3 Å². The summed E-state index contributed by atoms with van der Waals surface area (Å²) in [6, 6.07) is 21.3. The largest absolute Gasteiger partial charge is 0.488 e. The van der Waals surface area contributed by atoms with Gasteiger partial charge in [-0.3, -0.25) is 29.4 Å². The van der Waals surface area contributed by atoms with Gasteiger partial charge in [-0.1, -0.05) is 46.3 Å². The molecule has 0 saturated carbocycles. The minimum Gasteiger partial charge on any atom is -0.488 e. The average Bonchev–Trinajstić information content (AvgIpc) is 3.24. The quantitative estimate of drug-likeness (QED) is 0.185. The first-order valence-electron chi connectivity index (χ1n) is 12.8. The van der Waals surface area contributed by atoms with Gasteiger partial charge < -0.3 is 14.5 Å². The summed E-state index contributed by atoms with van der Waals surface area (Å²) in [5, 5.41) is 10.6. The zero-order chi connectivity index (χ0) is 28.9. The standard InChI is InChI=1S/C29H25BrN4O6S/c30-22-9-10-25(40-19-20-5-4-8-24(15-20)34(38)39)21(16-22)17-26-28(36)33(29(37)41-26)18-27(35)32-13-11-31(12-14-32)23-6-2-1-3-7-23/h1-10,15-17H,11-14,18-19H2/b26-17+. The number of carbonyl (C=O) groups is 3. The number of rotatable bonds is 8. The van der Waals surface area contributed by atoms with Gasteiger partial charge in [-0.25, -0.2) is 0 Å². The fourth-order valence-corrected chi connectivity index (χ4v) is 5.76. The number of thioether (sulfide) groups is 1. The van der Waals surface area contributed by atoms with Crippen LogP contribution in [0.3, 0.4) is 0 Å². The van der Waals surface area contributed by atoms with Crippen molar-refractivity contribution in [3.8, 4) is 5.75 Å². The number of imide groups is 1. The number of nitro groups is 1. The summed E-state index contributed by atoms with van der Waals surface area (Å²) in [6.07, 6.45) is 1.56. The molecular weight excluding hydrogens is 612 g/mol. The Labute approximate surface area is 248 Å². The molecule has 0 aliphatic carbocycles. The van der Waals surface area contributed by atoms with Crippen molar-refractivity contribution in [2.75, 3.05) is 37.6 Å². The lowest BCUT2D eigenvalue weighted by Crippen LogP contribution is -2.51. The Morgan fingerprint density at radius 1 is 1.00 bits per heavy atom. The number of ether oxygens (including phenoxy) is 1. The predicted molar refractivity (Wildman–Crippen MR) is 159 cm³/mol. The topological polar surface area (TPSA) is 113 Å². The lowest BCUT2D eigenvalue weighted by Gasteiger charge is -2.36. The molecule has 5 rings (SSSR count). The van der Waals surface area contributed by atoms with Gasteiger partial charge in [-0.2, -0.15) is 0 Å². The Hall–Kier alpha value is -4.16. The molecule has 3 aromatic carbocycles. The molecule has 2 aliphatic heterocycles. The summed E-state index contributed by atoms with van der Waals surface area (Å²) in [7, 11) is 0. The number of amides is 3. The summed E-state index contributed by atoms with van der Waals surface area (Å²) < 4.78 is 6.66. The number of piperazine rings is 1.